The molecule has 1 atom stereocenters. The minimum atomic E-state index is -1.00. The largest absolute Gasteiger partial charge is 0.466 e. The van der Waals surface area contributed by atoms with Gasteiger partial charge < -0.3 is 9.84 Å². The van der Waals surface area contributed by atoms with Crippen LogP contribution in [0.5, 0.6) is 0 Å². The van der Waals surface area contributed by atoms with Crippen LogP contribution >= 0.6 is 0 Å². The average Bonchev–Trinajstić information content (AvgIpc) is 2.36. The van der Waals surface area contributed by atoms with Gasteiger partial charge in [-0.15, -0.1) is 0 Å². The van der Waals surface area contributed by atoms with Crippen molar-refractivity contribution in [2.45, 2.75) is 19.4 Å². The Labute approximate surface area is 95.4 Å². The molecule has 3 heteroatoms. The number of methoxy groups -OCH3 is 1. The Hall–Kier alpha value is -1.61. The molecule has 0 radical (unpaired) electrons. The number of hydrogen-bond donors (Lipinski definition) is 1. The first-order valence-corrected chi connectivity index (χ1v) is 5.14. The predicted molar refractivity (Wildman–Crippen MR) is 61.9 cm³/mol. The van der Waals surface area contributed by atoms with Crippen LogP contribution in [0.25, 0.3) is 0 Å². The summed E-state index contributed by atoms with van der Waals surface area (Å²) in [7, 11) is 1.26. The number of hydrogen-bond acceptors (Lipinski definition) is 3. The van der Waals surface area contributed by atoms with Crippen LogP contribution in [-0.4, -0.2) is 18.2 Å². The first-order valence-electron chi connectivity index (χ1n) is 5.14. The number of ether oxygens (including phenoxy) is 1. The Balaban J connectivity index is 2.83. The van der Waals surface area contributed by atoms with Crippen molar-refractivity contribution in [3.05, 3.63) is 47.5 Å². The van der Waals surface area contributed by atoms with E-state index < -0.39 is 12.1 Å². The van der Waals surface area contributed by atoms with Gasteiger partial charge in [0.05, 0.1) is 12.7 Å². The summed E-state index contributed by atoms with van der Waals surface area (Å²) in [4.78, 5) is 11.2. The topological polar surface area (TPSA) is 46.5 Å². The monoisotopic (exact) mass is 220 g/mol. The predicted octanol–water partition coefficient (Wildman–Crippen LogP) is 2.01. The van der Waals surface area contributed by atoms with Gasteiger partial charge in [-0.25, -0.2) is 4.79 Å². The van der Waals surface area contributed by atoms with Crippen LogP contribution in [0.1, 0.15) is 24.2 Å². The third-order valence-electron chi connectivity index (χ3n) is 2.48. The van der Waals surface area contributed by atoms with Gasteiger partial charge in [-0.05, 0) is 17.5 Å². The molecule has 0 spiro atoms. The van der Waals surface area contributed by atoms with E-state index in [1.165, 1.54) is 12.7 Å². The fourth-order valence-corrected chi connectivity index (χ4v) is 1.38. The van der Waals surface area contributed by atoms with Crippen LogP contribution < -0.4 is 0 Å². The summed E-state index contributed by atoms with van der Waals surface area (Å²) in [5, 5.41) is 9.85. The van der Waals surface area contributed by atoms with Gasteiger partial charge in [-0.1, -0.05) is 37.8 Å². The van der Waals surface area contributed by atoms with E-state index in [0.29, 0.717) is 5.56 Å². The molecule has 0 heterocycles. The Bertz CT molecular complexity index is 379. The van der Waals surface area contributed by atoms with Crippen molar-refractivity contribution >= 4 is 5.97 Å². The van der Waals surface area contributed by atoms with Crippen molar-refractivity contribution in [3.8, 4) is 0 Å². The zero-order valence-electron chi connectivity index (χ0n) is 9.56. The lowest BCUT2D eigenvalue weighted by atomic mass is 10.0. The van der Waals surface area contributed by atoms with Crippen molar-refractivity contribution in [1.29, 1.82) is 0 Å². The Morgan fingerprint density at radius 1 is 1.44 bits per heavy atom. The molecule has 1 aromatic carbocycles. The Kier molecular flexibility index (Phi) is 4.26. The van der Waals surface area contributed by atoms with Crippen LogP contribution in [-0.2, 0) is 16.0 Å². The number of rotatable bonds is 4. The molecule has 0 saturated carbocycles. The van der Waals surface area contributed by atoms with Crippen LogP contribution in [0.3, 0.4) is 0 Å². The second kappa shape index (κ2) is 5.47. The molecule has 1 N–H and O–H groups in total. The lowest BCUT2D eigenvalue weighted by Crippen LogP contribution is -2.11. The smallest absolute Gasteiger partial charge is 0.336 e. The summed E-state index contributed by atoms with van der Waals surface area (Å²) in [6.07, 6.45) is -0.0627. The Morgan fingerprint density at radius 3 is 2.44 bits per heavy atom. The summed E-state index contributed by atoms with van der Waals surface area (Å²) in [5.74, 6) is -0.591. The highest BCUT2D eigenvalue weighted by atomic mass is 16.5. The van der Waals surface area contributed by atoms with E-state index in [1.54, 1.807) is 12.1 Å². The molecule has 1 aromatic rings. The zero-order valence-corrected chi connectivity index (χ0v) is 9.56. The highest BCUT2D eigenvalue weighted by Crippen LogP contribution is 2.21. The van der Waals surface area contributed by atoms with Crippen LogP contribution in [0.15, 0.2) is 36.4 Å². The number of aryl methyl sites for hydroxylation is 1. The Morgan fingerprint density at radius 2 is 2.00 bits per heavy atom. The van der Waals surface area contributed by atoms with Crippen molar-refractivity contribution in [3.63, 3.8) is 0 Å². The second-order valence-electron chi connectivity index (χ2n) is 3.51. The van der Waals surface area contributed by atoms with E-state index in [4.69, 9.17) is 0 Å². The van der Waals surface area contributed by atoms with Gasteiger partial charge in [0, 0.05) is 0 Å². The van der Waals surface area contributed by atoms with E-state index in [9.17, 15) is 9.90 Å². The SMILES string of the molecule is C=C(C(=O)OC)C(O)c1ccc(CC)cc1. The molecule has 0 aromatic heterocycles. The van der Waals surface area contributed by atoms with E-state index >= 15 is 0 Å². The molecule has 3 nitrogen and oxygen atoms in total. The van der Waals surface area contributed by atoms with E-state index in [-0.39, 0.29) is 5.57 Å². The molecule has 86 valence electrons. The maximum absolute atomic E-state index is 11.2. The van der Waals surface area contributed by atoms with Gasteiger partial charge in [-0.3, -0.25) is 0 Å². The zero-order chi connectivity index (χ0) is 12.1. The first kappa shape index (κ1) is 12.5. The average molecular weight is 220 g/mol. The molecule has 1 unspecified atom stereocenters. The number of carbonyl (C=O) groups is 1. The van der Waals surface area contributed by atoms with Gasteiger partial charge in [0.2, 0.25) is 0 Å². The van der Waals surface area contributed by atoms with Crippen molar-refractivity contribution in [2.24, 2.45) is 0 Å². The second-order valence-corrected chi connectivity index (χ2v) is 3.51. The summed E-state index contributed by atoms with van der Waals surface area (Å²) in [5.41, 5.74) is 1.87. The summed E-state index contributed by atoms with van der Waals surface area (Å²) >= 11 is 0. The van der Waals surface area contributed by atoms with E-state index in [2.05, 4.69) is 18.2 Å². The third-order valence-corrected chi connectivity index (χ3v) is 2.48. The highest BCUT2D eigenvalue weighted by Gasteiger charge is 2.18. The third kappa shape index (κ3) is 2.70. The lowest BCUT2D eigenvalue weighted by Gasteiger charge is -2.12. The minimum Gasteiger partial charge on any atom is -0.466 e. The first-order chi connectivity index (χ1) is 7.60. The summed E-state index contributed by atoms with van der Waals surface area (Å²) in [6, 6.07) is 7.42. The molecule has 16 heavy (non-hydrogen) atoms. The van der Waals surface area contributed by atoms with E-state index in [1.807, 2.05) is 12.1 Å². The van der Waals surface area contributed by atoms with Crippen molar-refractivity contribution in [1.82, 2.24) is 0 Å². The highest BCUT2D eigenvalue weighted by molar-refractivity contribution is 5.88. The van der Waals surface area contributed by atoms with Gasteiger partial charge in [0.15, 0.2) is 0 Å². The quantitative estimate of drug-likeness (QED) is 0.623. The van der Waals surface area contributed by atoms with Crippen LogP contribution in [0.4, 0.5) is 0 Å². The summed E-state index contributed by atoms with van der Waals surface area (Å²) in [6.45, 7) is 5.57. The van der Waals surface area contributed by atoms with Crippen LogP contribution in [0, 0.1) is 0 Å². The van der Waals surface area contributed by atoms with Crippen LogP contribution in [0.2, 0.25) is 0 Å². The molecule has 0 amide bonds. The molecule has 0 saturated heterocycles. The maximum Gasteiger partial charge on any atom is 0.336 e. The number of esters is 1. The molecule has 0 fully saturated rings. The molecule has 1 rings (SSSR count). The number of benzene rings is 1. The molecular weight excluding hydrogens is 204 g/mol. The fraction of sp³-hybridized carbons (Fsp3) is 0.308. The van der Waals surface area contributed by atoms with Gasteiger partial charge in [0.25, 0.3) is 0 Å². The maximum atomic E-state index is 11.2. The lowest BCUT2D eigenvalue weighted by molar-refractivity contribution is -0.137. The molecule has 0 aliphatic rings. The molecular formula is C13H16O3. The minimum absolute atomic E-state index is 0.0479. The van der Waals surface area contributed by atoms with Gasteiger partial charge in [0.1, 0.15) is 6.10 Å². The van der Waals surface area contributed by atoms with Crippen molar-refractivity contribution in [2.75, 3.05) is 7.11 Å². The number of aliphatic hydroxyl groups is 1. The molecule has 0 aliphatic carbocycles. The molecule has 0 aliphatic heterocycles. The van der Waals surface area contributed by atoms with Crippen molar-refractivity contribution < 1.29 is 14.6 Å². The molecule has 0 bridgehead atoms. The number of carbonyl (C=O) groups excluding carboxylic acids is 1. The fourth-order valence-electron chi connectivity index (χ4n) is 1.38. The van der Waals surface area contributed by atoms with Gasteiger partial charge in [-0.2, -0.15) is 0 Å². The normalized spacial score (nSPS) is 11.9. The standard InChI is InChI=1S/C13H16O3/c1-4-10-5-7-11(8-6-10)12(14)9(2)13(15)16-3/h5-8,12,14H,2,4H2,1,3H3. The van der Waals surface area contributed by atoms with Gasteiger partial charge >= 0.3 is 5.97 Å². The van der Waals surface area contributed by atoms with E-state index in [0.717, 1.165) is 6.42 Å². The summed E-state index contributed by atoms with van der Waals surface area (Å²) < 4.78 is 4.50. The number of aliphatic hydroxyl groups excluding tert-OH is 1.